The molecule has 0 bridgehead atoms. The van der Waals surface area contributed by atoms with E-state index >= 15 is 0 Å². The van der Waals surface area contributed by atoms with Crippen LogP contribution in [0.15, 0.2) is 36.5 Å². The Morgan fingerprint density at radius 3 is 2.48 bits per heavy atom. The van der Waals surface area contributed by atoms with E-state index in [9.17, 15) is 13.2 Å². The molecule has 0 aliphatic carbocycles. The molecule has 0 saturated heterocycles. The second-order valence-electron chi connectivity index (χ2n) is 5.04. The number of nitrogens with zero attached hydrogens (tertiary/aromatic N) is 3. The summed E-state index contributed by atoms with van der Waals surface area (Å²) >= 11 is 0. The highest BCUT2D eigenvalue weighted by Gasteiger charge is 2.24. The van der Waals surface area contributed by atoms with Crippen molar-refractivity contribution in [3.05, 3.63) is 53.3 Å². The van der Waals surface area contributed by atoms with E-state index < -0.39 is 16.2 Å². The van der Waals surface area contributed by atoms with Crippen LogP contribution in [0, 0.1) is 0 Å². The zero-order chi connectivity index (χ0) is 17.0. The Balaban J connectivity index is 2.46. The quantitative estimate of drug-likeness (QED) is 0.742. The van der Waals surface area contributed by atoms with Crippen molar-refractivity contribution in [2.45, 2.75) is 13.3 Å². The van der Waals surface area contributed by atoms with Crippen LogP contribution in [-0.4, -0.2) is 48.6 Å². The number of hydrogen-bond donors (Lipinski definition) is 0. The number of carbonyl (C=O) groups is 1. The zero-order valence-electron chi connectivity index (χ0n) is 13.3. The lowest BCUT2D eigenvalue weighted by atomic mass is 10.1. The Hall–Kier alpha value is -2.19. The summed E-state index contributed by atoms with van der Waals surface area (Å²) in [6.45, 7) is 1.89. The van der Waals surface area contributed by atoms with Gasteiger partial charge in [0, 0.05) is 20.5 Å². The van der Waals surface area contributed by atoms with Gasteiger partial charge in [-0.2, -0.15) is 21.9 Å². The molecular formula is C15H19N3O4S. The van der Waals surface area contributed by atoms with E-state index in [0.717, 1.165) is 14.0 Å². The van der Waals surface area contributed by atoms with E-state index in [1.54, 1.807) is 6.92 Å². The standard InChI is InChI=1S/C15H19N3O4S/c1-4-22-15(19)13-11-18(23(20,21)17(2)3)16-14(13)10-12-8-6-5-7-9-12/h5-9,11H,4,10H2,1-3H3. The topological polar surface area (TPSA) is 81.5 Å². The molecule has 8 heteroatoms. The molecule has 0 radical (unpaired) electrons. The molecule has 23 heavy (non-hydrogen) atoms. The number of aromatic nitrogens is 2. The highest BCUT2D eigenvalue weighted by atomic mass is 32.2. The molecule has 0 atom stereocenters. The van der Waals surface area contributed by atoms with Gasteiger partial charge in [-0.25, -0.2) is 4.79 Å². The maximum atomic E-state index is 12.2. The van der Waals surface area contributed by atoms with Crippen LogP contribution in [0.4, 0.5) is 0 Å². The van der Waals surface area contributed by atoms with Crippen LogP contribution in [0.5, 0.6) is 0 Å². The molecule has 124 valence electrons. The van der Waals surface area contributed by atoms with Crippen molar-refractivity contribution >= 4 is 16.2 Å². The monoisotopic (exact) mass is 337 g/mol. The fourth-order valence-electron chi connectivity index (χ4n) is 1.97. The maximum absolute atomic E-state index is 12.2. The number of carbonyl (C=O) groups excluding carboxylic acids is 1. The molecule has 0 fully saturated rings. The van der Waals surface area contributed by atoms with Gasteiger partial charge in [0.1, 0.15) is 5.56 Å². The van der Waals surface area contributed by atoms with Crippen molar-refractivity contribution < 1.29 is 17.9 Å². The Morgan fingerprint density at radius 2 is 1.91 bits per heavy atom. The number of ether oxygens (including phenoxy) is 1. The van der Waals surface area contributed by atoms with Gasteiger partial charge in [0.05, 0.1) is 18.5 Å². The van der Waals surface area contributed by atoms with E-state index in [2.05, 4.69) is 5.10 Å². The molecule has 0 spiro atoms. The fourth-order valence-corrected chi connectivity index (χ4v) is 2.75. The van der Waals surface area contributed by atoms with Gasteiger partial charge in [-0.05, 0) is 12.5 Å². The molecule has 0 aliphatic heterocycles. The van der Waals surface area contributed by atoms with Gasteiger partial charge in [-0.1, -0.05) is 30.3 Å². The van der Waals surface area contributed by atoms with Crippen LogP contribution in [0.3, 0.4) is 0 Å². The van der Waals surface area contributed by atoms with Crippen LogP contribution in [0.2, 0.25) is 0 Å². The zero-order valence-corrected chi connectivity index (χ0v) is 14.1. The van der Waals surface area contributed by atoms with E-state index in [1.807, 2.05) is 30.3 Å². The van der Waals surface area contributed by atoms with Crippen molar-refractivity contribution in [3.63, 3.8) is 0 Å². The van der Waals surface area contributed by atoms with Gasteiger partial charge in [-0.15, -0.1) is 0 Å². The molecule has 0 unspecified atom stereocenters. The summed E-state index contributed by atoms with van der Waals surface area (Å²) in [5, 5.41) is 4.09. The Kier molecular flexibility index (Phi) is 5.17. The van der Waals surface area contributed by atoms with Crippen molar-refractivity contribution in [1.29, 1.82) is 0 Å². The third-order valence-electron chi connectivity index (χ3n) is 3.18. The summed E-state index contributed by atoms with van der Waals surface area (Å²) in [6.07, 6.45) is 1.54. The normalized spacial score (nSPS) is 11.7. The third kappa shape index (κ3) is 3.77. The molecule has 1 aromatic heterocycles. The smallest absolute Gasteiger partial charge is 0.341 e. The number of hydrogen-bond acceptors (Lipinski definition) is 5. The summed E-state index contributed by atoms with van der Waals surface area (Å²) in [4.78, 5) is 12.1. The van der Waals surface area contributed by atoms with Crippen LogP contribution in [-0.2, 0) is 21.4 Å². The lowest BCUT2D eigenvalue weighted by Gasteiger charge is -2.10. The van der Waals surface area contributed by atoms with Crippen molar-refractivity contribution in [1.82, 2.24) is 13.5 Å². The number of benzene rings is 1. The summed E-state index contributed by atoms with van der Waals surface area (Å²) in [6, 6.07) is 9.38. The van der Waals surface area contributed by atoms with Gasteiger partial charge >= 0.3 is 16.2 Å². The molecule has 7 nitrogen and oxygen atoms in total. The van der Waals surface area contributed by atoms with E-state index in [-0.39, 0.29) is 12.2 Å². The fraction of sp³-hybridized carbons (Fsp3) is 0.333. The minimum absolute atomic E-state index is 0.154. The molecule has 0 amide bonds. The van der Waals surface area contributed by atoms with Crippen LogP contribution in [0.25, 0.3) is 0 Å². The minimum atomic E-state index is -3.79. The number of rotatable bonds is 6. The SMILES string of the molecule is CCOC(=O)c1cn(S(=O)(=O)N(C)C)nc1Cc1ccccc1. The van der Waals surface area contributed by atoms with Crippen LogP contribution in [0.1, 0.15) is 28.5 Å². The molecule has 2 aromatic rings. The second-order valence-corrected chi connectivity index (χ2v) is 7.04. The van der Waals surface area contributed by atoms with Gasteiger partial charge in [-0.3, -0.25) is 0 Å². The van der Waals surface area contributed by atoms with Crippen LogP contribution >= 0.6 is 0 Å². The summed E-state index contributed by atoms with van der Waals surface area (Å²) in [5.41, 5.74) is 1.44. The van der Waals surface area contributed by atoms with Crippen molar-refractivity contribution in [3.8, 4) is 0 Å². The second kappa shape index (κ2) is 6.93. The van der Waals surface area contributed by atoms with Crippen molar-refractivity contribution in [2.24, 2.45) is 0 Å². The third-order valence-corrected chi connectivity index (χ3v) is 4.76. The van der Waals surface area contributed by atoms with E-state index in [4.69, 9.17) is 4.74 Å². The van der Waals surface area contributed by atoms with Gasteiger partial charge in [0.25, 0.3) is 0 Å². The molecule has 0 aliphatic rings. The first-order chi connectivity index (χ1) is 10.9. The van der Waals surface area contributed by atoms with Gasteiger partial charge < -0.3 is 4.74 Å². The van der Waals surface area contributed by atoms with Crippen LogP contribution < -0.4 is 0 Å². The predicted octanol–water partition coefficient (Wildman–Crippen LogP) is 1.31. The average Bonchev–Trinajstić information content (AvgIpc) is 2.93. The maximum Gasteiger partial charge on any atom is 0.341 e. The lowest BCUT2D eigenvalue weighted by Crippen LogP contribution is -2.29. The first-order valence-electron chi connectivity index (χ1n) is 7.09. The average molecular weight is 337 g/mol. The Bertz CT molecular complexity index is 782. The first kappa shape index (κ1) is 17.2. The van der Waals surface area contributed by atoms with E-state index in [0.29, 0.717) is 12.1 Å². The Labute approximate surface area is 135 Å². The predicted molar refractivity (Wildman–Crippen MR) is 85.4 cm³/mol. The van der Waals surface area contributed by atoms with Crippen molar-refractivity contribution in [2.75, 3.05) is 20.7 Å². The Morgan fingerprint density at radius 1 is 1.26 bits per heavy atom. The highest BCUT2D eigenvalue weighted by molar-refractivity contribution is 7.87. The van der Waals surface area contributed by atoms with Gasteiger partial charge in [0.2, 0.25) is 0 Å². The first-order valence-corrected chi connectivity index (χ1v) is 8.48. The summed E-state index contributed by atoms with van der Waals surface area (Å²) in [5.74, 6) is -0.585. The molecule has 2 rings (SSSR count). The summed E-state index contributed by atoms with van der Waals surface area (Å²) < 4.78 is 31.2. The van der Waals surface area contributed by atoms with Gasteiger partial charge in [0.15, 0.2) is 0 Å². The molecule has 0 saturated carbocycles. The number of esters is 1. The molecule has 1 heterocycles. The minimum Gasteiger partial charge on any atom is -0.462 e. The molecular weight excluding hydrogens is 318 g/mol. The largest absolute Gasteiger partial charge is 0.462 e. The molecule has 0 N–H and O–H groups in total. The summed E-state index contributed by atoms with van der Waals surface area (Å²) in [7, 11) is -0.987. The molecule has 1 aromatic carbocycles. The van der Waals surface area contributed by atoms with E-state index in [1.165, 1.54) is 20.3 Å². The lowest BCUT2D eigenvalue weighted by molar-refractivity contribution is 0.0525. The highest BCUT2D eigenvalue weighted by Crippen LogP contribution is 2.16.